The maximum absolute atomic E-state index is 13.4. The third-order valence-electron chi connectivity index (χ3n) is 6.90. The van der Waals surface area contributed by atoms with Gasteiger partial charge in [0.15, 0.2) is 0 Å². The van der Waals surface area contributed by atoms with Crippen LogP contribution in [0, 0.1) is 6.92 Å². The van der Waals surface area contributed by atoms with Gasteiger partial charge in [0.1, 0.15) is 18.3 Å². The molecule has 8 nitrogen and oxygen atoms in total. The molecular formula is C34H39NO7S. The van der Waals surface area contributed by atoms with Crippen LogP contribution in [0.25, 0.3) is 0 Å². The number of rotatable bonds is 17. The molecule has 0 heterocycles. The van der Waals surface area contributed by atoms with Crippen molar-refractivity contribution in [1.29, 1.82) is 0 Å². The molecule has 0 fully saturated rings. The summed E-state index contributed by atoms with van der Waals surface area (Å²) < 4.78 is 47.8. The zero-order valence-electron chi connectivity index (χ0n) is 24.2. The van der Waals surface area contributed by atoms with Crippen molar-refractivity contribution >= 4 is 10.0 Å². The number of benzene rings is 4. The molecule has 4 aromatic rings. The summed E-state index contributed by atoms with van der Waals surface area (Å²) in [6.07, 6.45) is -3.38. The van der Waals surface area contributed by atoms with Crippen molar-refractivity contribution in [2.24, 2.45) is 0 Å². The minimum absolute atomic E-state index is 0.0480. The Balaban J connectivity index is 1.61. The van der Waals surface area contributed by atoms with Crippen LogP contribution >= 0.6 is 0 Å². The van der Waals surface area contributed by atoms with E-state index in [1.54, 1.807) is 12.1 Å². The second kappa shape index (κ2) is 16.4. The summed E-state index contributed by atoms with van der Waals surface area (Å²) in [5.41, 5.74) is 3.54. The van der Waals surface area contributed by atoms with E-state index < -0.39 is 41.0 Å². The van der Waals surface area contributed by atoms with Crippen molar-refractivity contribution in [3.63, 3.8) is 0 Å². The van der Waals surface area contributed by atoms with Gasteiger partial charge in [-0.05, 0) is 35.7 Å². The summed E-state index contributed by atoms with van der Waals surface area (Å²) in [5, 5.41) is 21.9. The van der Waals surface area contributed by atoms with Crippen LogP contribution in [0.15, 0.2) is 120 Å². The standard InChI is InChI=1S/C34H39NO7S/c1-26-17-19-30(20-18-26)43(38,39)35-31(21-36)33(41-23-28-13-7-3-8-14-28)34(42-24-29-15-9-4-10-16-29)32(37)25-40-22-27-11-5-2-6-12-27/h2-20,31-37H,21-25H2,1H3/t31-,32+,33+,34+/m0/s1. The molecule has 4 atom stereocenters. The molecule has 0 aliphatic rings. The van der Waals surface area contributed by atoms with Gasteiger partial charge >= 0.3 is 0 Å². The summed E-state index contributed by atoms with van der Waals surface area (Å²) in [6.45, 7) is 1.63. The number of hydrogen-bond donors (Lipinski definition) is 3. The second-order valence-electron chi connectivity index (χ2n) is 10.3. The van der Waals surface area contributed by atoms with Gasteiger partial charge in [0.25, 0.3) is 0 Å². The Morgan fingerprint density at radius 2 is 1.14 bits per heavy atom. The van der Waals surface area contributed by atoms with Gasteiger partial charge in [-0.25, -0.2) is 13.1 Å². The quantitative estimate of drug-likeness (QED) is 0.164. The van der Waals surface area contributed by atoms with Crippen LogP contribution in [0.2, 0.25) is 0 Å². The fraction of sp³-hybridized carbons (Fsp3) is 0.294. The van der Waals surface area contributed by atoms with Gasteiger partial charge in [-0.15, -0.1) is 0 Å². The molecule has 0 unspecified atom stereocenters. The number of aryl methyl sites for hydroxylation is 1. The molecule has 0 bridgehead atoms. The average Bonchev–Trinajstić information content (AvgIpc) is 3.03. The molecule has 0 aromatic heterocycles. The zero-order valence-corrected chi connectivity index (χ0v) is 25.0. The van der Waals surface area contributed by atoms with Crippen molar-refractivity contribution in [2.75, 3.05) is 13.2 Å². The molecule has 0 saturated heterocycles. The van der Waals surface area contributed by atoms with Crippen molar-refractivity contribution in [2.45, 2.75) is 56.0 Å². The highest BCUT2D eigenvalue weighted by Gasteiger charge is 2.38. The summed E-state index contributed by atoms with van der Waals surface area (Å²) >= 11 is 0. The highest BCUT2D eigenvalue weighted by atomic mass is 32.2. The Bertz CT molecular complexity index is 1450. The van der Waals surface area contributed by atoms with Gasteiger partial charge in [0.05, 0.1) is 44.0 Å². The van der Waals surface area contributed by atoms with Gasteiger partial charge in [-0.3, -0.25) is 0 Å². The Kier molecular flexibility index (Phi) is 12.4. The molecule has 0 amide bonds. The molecule has 0 aliphatic heterocycles. The zero-order chi connectivity index (χ0) is 30.5. The molecule has 4 rings (SSSR count). The van der Waals surface area contributed by atoms with Gasteiger partial charge in [-0.1, -0.05) is 109 Å². The summed E-state index contributed by atoms with van der Waals surface area (Å²) in [4.78, 5) is 0.0480. The van der Waals surface area contributed by atoms with Crippen molar-refractivity contribution < 1.29 is 32.8 Å². The maximum Gasteiger partial charge on any atom is 0.240 e. The first-order valence-electron chi connectivity index (χ1n) is 14.2. The fourth-order valence-electron chi connectivity index (χ4n) is 4.56. The summed E-state index contributed by atoms with van der Waals surface area (Å²) in [5.74, 6) is 0. The Labute approximate surface area is 253 Å². The Morgan fingerprint density at radius 3 is 1.63 bits per heavy atom. The van der Waals surface area contributed by atoms with E-state index >= 15 is 0 Å². The highest BCUT2D eigenvalue weighted by Crippen LogP contribution is 2.21. The first-order valence-corrected chi connectivity index (χ1v) is 15.6. The molecular weight excluding hydrogens is 566 g/mol. The van der Waals surface area contributed by atoms with E-state index in [2.05, 4.69) is 4.72 Å². The predicted octanol–water partition coefficient (Wildman–Crippen LogP) is 4.38. The maximum atomic E-state index is 13.4. The fourth-order valence-corrected chi connectivity index (χ4v) is 5.80. The van der Waals surface area contributed by atoms with Gasteiger partial charge in [0, 0.05) is 0 Å². The normalized spacial score (nSPS) is 14.6. The number of ether oxygens (including phenoxy) is 3. The molecule has 0 saturated carbocycles. The number of aliphatic hydroxyl groups excluding tert-OH is 2. The first kappa shape index (κ1) is 32.5. The van der Waals surface area contributed by atoms with E-state index in [-0.39, 0.29) is 31.3 Å². The van der Waals surface area contributed by atoms with E-state index in [1.807, 2.05) is 97.9 Å². The largest absolute Gasteiger partial charge is 0.395 e. The van der Waals surface area contributed by atoms with Gasteiger partial charge in [0.2, 0.25) is 10.0 Å². The van der Waals surface area contributed by atoms with Crippen LogP contribution in [0.5, 0.6) is 0 Å². The number of aliphatic hydroxyl groups is 2. The average molecular weight is 606 g/mol. The smallest absolute Gasteiger partial charge is 0.240 e. The van der Waals surface area contributed by atoms with E-state index in [1.165, 1.54) is 12.1 Å². The molecule has 0 aliphatic carbocycles. The highest BCUT2D eigenvalue weighted by molar-refractivity contribution is 7.89. The lowest BCUT2D eigenvalue weighted by atomic mass is 10.0. The first-order chi connectivity index (χ1) is 20.9. The van der Waals surface area contributed by atoms with E-state index in [0.717, 1.165) is 22.3 Å². The Hall–Kier alpha value is -3.41. The predicted molar refractivity (Wildman–Crippen MR) is 165 cm³/mol. The van der Waals surface area contributed by atoms with Crippen LogP contribution in [0.1, 0.15) is 22.3 Å². The molecule has 3 N–H and O–H groups in total. The molecule has 0 radical (unpaired) electrons. The number of nitrogens with one attached hydrogen (secondary N) is 1. The van der Waals surface area contributed by atoms with Gasteiger partial charge in [-0.2, -0.15) is 0 Å². The lowest BCUT2D eigenvalue weighted by Gasteiger charge is -2.35. The van der Waals surface area contributed by atoms with Gasteiger partial charge < -0.3 is 24.4 Å². The molecule has 43 heavy (non-hydrogen) atoms. The summed E-state index contributed by atoms with van der Waals surface area (Å²) in [7, 11) is -4.05. The van der Waals surface area contributed by atoms with E-state index in [9.17, 15) is 18.6 Å². The lowest BCUT2D eigenvalue weighted by molar-refractivity contribution is -0.157. The van der Waals surface area contributed by atoms with Crippen LogP contribution < -0.4 is 4.72 Å². The van der Waals surface area contributed by atoms with E-state index in [4.69, 9.17) is 14.2 Å². The lowest BCUT2D eigenvalue weighted by Crippen LogP contribution is -2.56. The monoisotopic (exact) mass is 605 g/mol. The van der Waals surface area contributed by atoms with Crippen molar-refractivity contribution in [1.82, 2.24) is 4.72 Å². The number of sulfonamides is 1. The van der Waals surface area contributed by atoms with Crippen LogP contribution in [0.3, 0.4) is 0 Å². The molecule has 4 aromatic carbocycles. The number of hydrogen-bond acceptors (Lipinski definition) is 7. The Morgan fingerprint density at radius 1 is 0.674 bits per heavy atom. The van der Waals surface area contributed by atoms with Crippen LogP contribution in [-0.4, -0.2) is 56.2 Å². The summed E-state index contributed by atoms with van der Waals surface area (Å²) in [6, 6.07) is 33.6. The topological polar surface area (TPSA) is 114 Å². The van der Waals surface area contributed by atoms with Crippen LogP contribution in [-0.2, 0) is 44.1 Å². The molecule has 228 valence electrons. The molecule has 9 heteroatoms. The minimum Gasteiger partial charge on any atom is -0.395 e. The van der Waals surface area contributed by atoms with Crippen molar-refractivity contribution in [3.8, 4) is 0 Å². The third kappa shape index (κ3) is 10.1. The van der Waals surface area contributed by atoms with Crippen LogP contribution in [0.4, 0.5) is 0 Å². The van der Waals surface area contributed by atoms with E-state index in [0.29, 0.717) is 0 Å². The van der Waals surface area contributed by atoms with Crippen molar-refractivity contribution in [3.05, 3.63) is 138 Å². The minimum atomic E-state index is -4.05. The second-order valence-corrected chi connectivity index (χ2v) is 12.0. The SMILES string of the molecule is Cc1ccc(S(=O)(=O)N[C@@H](CO)[C@@H](OCc2ccccc2)[C@H](OCc2ccccc2)[C@H](O)COCc2ccccc2)cc1. The third-order valence-corrected chi connectivity index (χ3v) is 8.41. The molecule has 0 spiro atoms.